The second kappa shape index (κ2) is 12.3. The Morgan fingerprint density at radius 1 is 1.21 bits per heavy atom. The van der Waals surface area contributed by atoms with Crippen molar-refractivity contribution in [2.24, 2.45) is 4.99 Å². The highest BCUT2D eigenvalue weighted by Gasteiger charge is 2.28. The molecule has 0 unspecified atom stereocenters. The van der Waals surface area contributed by atoms with Crippen molar-refractivity contribution in [3.63, 3.8) is 0 Å². The number of rotatable bonds is 9. The van der Waals surface area contributed by atoms with Gasteiger partial charge in [0.15, 0.2) is 22.4 Å². The Balaban J connectivity index is 0.00000729. The van der Waals surface area contributed by atoms with Gasteiger partial charge in [-0.1, -0.05) is 19.1 Å². The maximum Gasteiger partial charge on any atom is 0.422 e. The fraction of sp³-hybridized carbons (Fsp3) is 0.588. The molecule has 162 valence electrons. The Hall–Kier alpha value is -1.24. The normalized spacial score (nSPS) is 12.3. The Morgan fingerprint density at radius 2 is 1.89 bits per heavy atom. The zero-order chi connectivity index (χ0) is 20.5. The molecule has 0 aliphatic heterocycles. The van der Waals surface area contributed by atoms with E-state index >= 15 is 0 Å². The summed E-state index contributed by atoms with van der Waals surface area (Å²) in [6.45, 7) is 4.64. The molecule has 0 heterocycles. The summed E-state index contributed by atoms with van der Waals surface area (Å²) in [6, 6.07) is 4.96. The minimum Gasteiger partial charge on any atom is -0.484 e. The summed E-state index contributed by atoms with van der Waals surface area (Å²) in [5, 5.41) is 5.87. The molecule has 0 fully saturated rings. The van der Waals surface area contributed by atoms with Crippen LogP contribution in [0.15, 0.2) is 23.2 Å². The lowest BCUT2D eigenvalue weighted by Gasteiger charge is -2.14. The molecule has 6 nitrogen and oxygen atoms in total. The van der Waals surface area contributed by atoms with Gasteiger partial charge in [0.2, 0.25) is 0 Å². The average molecular weight is 537 g/mol. The van der Waals surface area contributed by atoms with Crippen molar-refractivity contribution < 1.29 is 26.3 Å². The van der Waals surface area contributed by atoms with E-state index in [0.29, 0.717) is 18.1 Å². The predicted octanol–water partition coefficient (Wildman–Crippen LogP) is 3.04. The van der Waals surface area contributed by atoms with E-state index in [1.165, 1.54) is 6.07 Å². The molecule has 1 aromatic rings. The predicted molar refractivity (Wildman–Crippen MR) is 115 cm³/mol. The van der Waals surface area contributed by atoms with Crippen molar-refractivity contribution in [2.75, 3.05) is 31.2 Å². The first-order valence-electron chi connectivity index (χ1n) is 8.58. The molecule has 11 heteroatoms. The van der Waals surface area contributed by atoms with Crippen LogP contribution in [0.3, 0.4) is 0 Å². The van der Waals surface area contributed by atoms with E-state index in [9.17, 15) is 21.6 Å². The molecule has 0 radical (unpaired) electrons. The van der Waals surface area contributed by atoms with Crippen LogP contribution in [0.4, 0.5) is 13.2 Å². The minimum atomic E-state index is -4.43. The molecular formula is C17H27F3IN3O3S. The molecule has 0 aliphatic rings. The zero-order valence-electron chi connectivity index (χ0n) is 16.1. The molecule has 0 bridgehead atoms. The standard InChI is InChI=1S/C17H26F3N3O3S.HI/c1-4-21-16(22-8-9-27(24,25)5-2)23-11-14-7-6-13(3)10-15(14)26-12-17(18,19)20;/h6-7,10H,4-5,8-9,11-12H2,1-3H3,(H2,21,22,23);1H. The van der Waals surface area contributed by atoms with Crippen LogP contribution in [-0.4, -0.2) is 51.8 Å². The topological polar surface area (TPSA) is 79.8 Å². The maximum atomic E-state index is 12.4. The Bertz CT molecular complexity index is 741. The monoisotopic (exact) mass is 537 g/mol. The summed E-state index contributed by atoms with van der Waals surface area (Å²) in [6.07, 6.45) is -4.43. The number of ether oxygens (including phenoxy) is 1. The number of sulfone groups is 1. The van der Waals surface area contributed by atoms with Gasteiger partial charge in [-0.3, -0.25) is 0 Å². The largest absolute Gasteiger partial charge is 0.484 e. The first-order valence-corrected chi connectivity index (χ1v) is 10.4. The highest BCUT2D eigenvalue weighted by Crippen LogP contribution is 2.24. The summed E-state index contributed by atoms with van der Waals surface area (Å²) in [5.74, 6) is 0.538. The molecule has 2 N–H and O–H groups in total. The van der Waals surface area contributed by atoms with Gasteiger partial charge in [-0.15, -0.1) is 24.0 Å². The van der Waals surface area contributed by atoms with Crippen molar-refractivity contribution >= 4 is 39.8 Å². The van der Waals surface area contributed by atoms with Crippen molar-refractivity contribution in [3.05, 3.63) is 29.3 Å². The van der Waals surface area contributed by atoms with Crippen LogP contribution < -0.4 is 15.4 Å². The van der Waals surface area contributed by atoms with Crippen LogP contribution in [0.1, 0.15) is 25.0 Å². The van der Waals surface area contributed by atoms with Gasteiger partial charge in [-0.25, -0.2) is 13.4 Å². The van der Waals surface area contributed by atoms with Gasteiger partial charge < -0.3 is 15.4 Å². The van der Waals surface area contributed by atoms with E-state index in [4.69, 9.17) is 4.74 Å². The molecule has 1 aromatic carbocycles. The third-order valence-electron chi connectivity index (χ3n) is 3.51. The van der Waals surface area contributed by atoms with Crippen molar-refractivity contribution in [2.45, 2.75) is 33.5 Å². The lowest BCUT2D eigenvalue weighted by molar-refractivity contribution is -0.153. The summed E-state index contributed by atoms with van der Waals surface area (Å²) in [5.41, 5.74) is 1.28. The second-order valence-corrected chi connectivity index (χ2v) is 8.35. The van der Waals surface area contributed by atoms with Gasteiger partial charge in [0, 0.05) is 24.4 Å². The molecule has 0 atom stereocenters. The van der Waals surface area contributed by atoms with Gasteiger partial charge in [-0.05, 0) is 25.5 Å². The summed E-state index contributed by atoms with van der Waals surface area (Å²) >= 11 is 0. The summed E-state index contributed by atoms with van der Waals surface area (Å²) in [7, 11) is -3.10. The quantitative estimate of drug-likeness (QED) is 0.288. The fourth-order valence-corrected chi connectivity index (χ4v) is 2.76. The van der Waals surface area contributed by atoms with Crippen LogP contribution in [-0.2, 0) is 16.4 Å². The molecule has 0 saturated carbocycles. The van der Waals surface area contributed by atoms with Gasteiger partial charge in [0.05, 0.1) is 12.3 Å². The van der Waals surface area contributed by atoms with Crippen LogP contribution in [0.25, 0.3) is 0 Å². The van der Waals surface area contributed by atoms with Gasteiger partial charge in [0.1, 0.15) is 5.75 Å². The maximum absolute atomic E-state index is 12.4. The van der Waals surface area contributed by atoms with Crippen molar-refractivity contribution in [1.29, 1.82) is 0 Å². The van der Waals surface area contributed by atoms with Crippen LogP contribution in [0.2, 0.25) is 0 Å². The molecule has 28 heavy (non-hydrogen) atoms. The van der Waals surface area contributed by atoms with E-state index in [2.05, 4.69) is 15.6 Å². The second-order valence-electron chi connectivity index (χ2n) is 5.87. The van der Waals surface area contributed by atoms with E-state index in [1.807, 2.05) is 6.92 Å². The first kappa shape index (κ1) is 26.8. The highest BCUT2D eigenvalue weighted by molar-refractivity contribution is 14.0. The van der Waals surface area contributed by atoms with Gasteiger partial charge in [0.25, 0.3) is 0 Å². The van der Waals surface area contributed by atoms with Gasteiger partial charge in [-0.2, -0.15) is 13.2 Å². The van der Waals surface area contributed by atoms with Crippen LogP contribution >= 0.6 is 24.0 Å². The van der Waals surface area contributed by atoms with Crippen LogP contribution in [0.5, 0.6) is 5.75 Å². The zero-order valence-corrected chi connectivity index (χ0v) is 19.2. The molecule has 1 rings (SSSR count). The number of aryl methyl sites for hydroxylation is 1. The molecule has 0 aromatic heterocycles. The molecule has 0 aliphatic carbocycles. The SMILES string of the molecule is CCNC(=NCc1ccc(C)cc1OCC(F)(F)F)NCCS(=O)(=O)CC.I. The van der Waals surface area contributed by atoms with Gasteiger partial charge >= 0.3 is 6.18 Å². The van der Waals surface area contributed by atoms with E-state index in [0.717, 1.165) is 5.56 Å². The molecule has 0 spiro atoms. The third kappa shape index (κ3) is 10.9. The van der Waals surface area contributed by atoms with E-state index in [1.54, 1.807) is 26.0 Å². The Morgan fingerprint density at radius 3 is 2.46 bits per heavy atom. The summed E-state index contributed by atoms with van der Waals surface area (Å²) in [4.78, 5) is 4.30. The highest BCUT2D eigenvalue weighted by atomic mass is 127. The first-order chi connectivity index (χ1) is 12.6. The average Bonchev–Trinajstić information content (AvgIpc) is 2.58. The smallest absolute Gasteiger partial charge is 0.422 e. The third-order valence-corrected chi connectivity index (χ3v) is 5.22. The summed E-state index contributed by atoms with van der Waals surface area (Å²) < 4.78 is 65.3. The number of nitrogens with one attached hydrogen (secondary N) is 2. The fourth-order valence-electron chi connectivity index (χ4n) is 2.06. The molecule has 0 saturated heterocycles. The minimum absolute atomic E-state index is 0. The number of guanidine groups is 1. The number of nitrogens with zero attached hydrogens (tertiary/aromatic N) is 1. The lowest BCUT2D eigenvalue weighted by atomic mass is 10.1. The van der Waals surface area contributed by atoms with Crippen molar-refractivity contribution in [1.82, 2.24) is 10.6 Å². The van der Waals surface area contributed by atoms with E-state index < -0.39 is 22.6 Å². The Labute approximate surface area is 181 Å². The molecule has 0 amide bonds. The Kier molecular flexibility index (Phi) is 11.8. The number of aliphatic imine (C=N–C) groups is 1. The lowest BCUT2D eigenvalue weighted by Crippen LogP contribution is -2.39. The number of hydrogen-bond donors (Lipinski definition) is 2. The number of hydrogen-bond acceptors (Lipinski definition) is 4. The van der Waals surface area contributed by atoms with Crippen LogP contribution in [0, 0.1) is 6.92 Å². The molecular weight excluding hydrogens is 510 g/mol. The number of alkyl halides is 3. The van der Waals surface area contributed by atoms with E-state index in [-0.39, 0.29) is 54.3 Å². The van der Waals surface area contributed by atoms with Crippen molar-refractivity contribution in [3.8, 4) is 5.75 Å². The number of benzene rings is 1. The number of halogens is 4.